The summed E-state index contributed by atoms with van der Waals surface area (Å²) in [6.07, 6.45) is 3.42. The third kappa shape index (κ3) is 4.13. The lowest BCUT2D eigenvalue weighted by Crippen LogP contribution is -2.24. The van der Waals surface area contributed by atoms with Crippen molar-refractivity contribution in [2.24, 2.45) is 0 Å². The molecule has 0 aliphatic rings. The number of esters is 1. The van der Waals surface area contributed by atoms with E-state index in [1.54, 1.807) is 24.5 Å². The van der Waals surface area contributed by atoms with Crippen molar-refractivity contribution in [3.63, 3.8) is 0 Å². The highest BCUT2D eigenvalue weighted by Gasteiger charge is 2.12. The molecule has 5 nitrogen and oxygen atoms in total. The standard InChI is InChI=1S/C16H17BrN2O3/c1-22-16(21)11-4-5-12(14(17)7-11)9-19-15(10-20)13-3-2-6-18-8-13/h2-8,15,19-20H,9-10H2,1H3/t15-/m1/s1. The molecule has 1 aromatic heterocycles. The van der Waals surface area contributed by atoms with Gasteiger partial charge in [-0.3, -0.25) is 4.98 Å². The van der Waals surface area contributed by atoms with E-state index < -0.39 is 0 Å². The number of rotatable bonds is 6. The van der Waals surface area contributed by atoms with E-state index in [1.165, 1.54) is 7.11 Å². The van der Waals surface area contributed by atoms with Crippen molar-refractivity contribution in [2.45, 2.75) is 12.6 Å². The Bertz CT molecular complexity index is 635. The fourth-order valence-electron chi connectivity index (χ4n) is 2.04. The Balaban J connectivity index is 2.06. The lowest BCUT2D eigenvalue weighted by atomic mass is 10.1. The maximum absolute atomic E-state index is 11.5. The minimum Gasteiger partial charge on any atom is -0.465 e. The van der Waals surface area contributed by atoms with E-state index in [0.29, 0.717) is 12.1 Å². The number of pyridine rings is 1. The molecule has 0 amide bonds. The SMILES string of the molecule is COC(=O)c1ccc(CN[C@H](CO)c2cccnc2)c(Br)c1. The molecule has 2 rings (SSSR count). The molecular formula is C16H17BrN2O3. The van der Waals surface area contributed by atoms with Crippen LogP contribution < -0.4 is 5.32 Å². The summed E-state index contributed by atoms with van der Waals surface area (Å²) in [4.78, 5) is 15.5. The van der Waals surface area contributed by atoms with E-state index in [0.717, 1.165) is 15.6 Å². The van der Waals surface area contributed by atoms with Gasteiger partial charge in [0.05, 0.1) is 25.3 Å². The number of methoxy groups -OCH3 is 1. The van der Waals surface area contributed by atoms with Crippen molar-refractivity contribution in [3.8, 4) is 0 Å². The molecule has 1 atom stereocenters. The quantitative estimate of drug-likeness (QED) is 0.770. The van der Waals surface area contributed by atoms with E-state index in [9.17, 15) is 9.90 Å². The van der Waals surface area contributed by atoms with Crippen LogP contribution in [0.4, 0.5) is 0 Å². The largest absolute Gasteiger partial charge is 0.465 e. The molecule has 22 heavy (non-hydrogen) atoms. The van der Waals surface area contributed by atoms with Gasteiger partial charge in [-0.25, -0.2) is 4.79 Å². The zero-order valence-corrected chi connectivity index (χ0v) is 13.7. The molecule has 0 spiro atoms. The Morgan fingerprint density at radius 2 is 2.27 bits per heavy atom. The molecule has 2 N–H and O–H groups in total. The van der Waals surface area contributed by atoms with Crippen LogP contribution in [0.25, 0.3) is 0 Å². The van der Waals surface area contributed by atoms with E-state index >= 15 is 0 Å². The second kappa shape index (κ2) is 8.03. The Kier molecular flexibility index (Phi) is 6.06. The van der Waals surface area contributed by atoms with Gasteiger partial charge in [-0.15, -0.1) is 0 Å². The van der Waals surface area contributed by atoms with Gasteiger partial charge in [-0.05, 0) is 29.3 Å². The van der Waals surface area contributed by atoms with Crippen molar-refractivity contribution < 1.29 is 14.6 Å². The molecule has 0 unspecified atom stereocenters. The van der Waals surface area contributed by atoms with Crippen LogP contribution in [0.1, 0.15) is 27.5 Å². The summed E-state index contributed by atoms with van der Waals surface area (Å²) in [5.74, 6) is -0.371. The third-order valence-corrected chi connectivity index (χ3v) is 4.02. The molecule has 0 aliphatic carbocycles. The number of aliphatic hydroxyl groups is 1. The summed E-state index contributed by atoms with van der Waals surface area (Å²) in [5.41, 5.74) is 2.39. The summed E-state index contributed by atoms with van der Waals surface area (Å²) < 4.78 is 5.50. The summed E-state index contributed by atoms with van der Waals surface area (Å²) in [6, 6.07) is 8.84. The Morgan fingerprint density at radius 3 is 2.86 bits per heavy atom. The van der Waals surface area contributed by atoms with E-state index in [1.807, 2.05) is 18.2 Å². The first-order valence-electron chi connectivity index (χ1n) is 6.76. The van der Waals surface area contributed by atoms with Crippen molar-refractivity contribution >= 4 is 21.9 Å². The van der Waals surface area contributed by atoms with Gasteiger partial charge in [0.2, 0.25) is 0 Å². The molecule has 1 heterocycles. The van der Waals surface area contributed by atoms with Crippen LogP contribution in [0, 0.1) is 0 Å². The first-order chi connectivity index (χ1) is 10.7. The van der Waals surface area contributed by atoms with Gasteiger partial charge < -0.3 is 15.2 Å². The van der Waals surface area contributed by atoms with Crippen LogP contribution in [0.3, 0.4) is 0 Å². The van der Waals surface area contributed by atoms with E-state index in [-0.39, 0.29) is 18.6 Å². The summed E-state index contributed by atoms with van der Waals surface area (Å²) in [6.45, 7) is 0.520. The number of carbonyl (C=O) groups excluding carboxylic acids is 1. The molecule has 2 aromatic rings. The van der Waals surface area contributed by atoms with Gasteiger partial charge >= 0.3 is 5.97 Å². The average Bonchev–Trinajstić information content (AvgIpc) is 2.56. The van der Waals surface area contributed by atoms with Crippen molar-refractivity contribution in [1.29, 1.82) is 0 Å². The molecule has 0 saturated carbocycles. The highest BCUT2D eigenvalue weighted by Crippen LogP contribution is 2.20. The molecule has 116 valence electrons. The van der Waals surface area contributed by atoms with Gasteiger partial charge in [-0.2, -0.15) is 0 Å². The predicted molar refractivity (Wildman–Crippen MR) is 86.4 cm³/mol. The highest BCUT2D eigenvalue weighted by atomic mass is 79.9. The molecule has 0 fully saturated rings. The number of nitrogens with zero attached hydrogens (tertiary/aromatic N) is 1. The van der Waals surface area contributed by atoms with Gasteiger partial charge in [0.25, 0.3) is 0 Å². The van der Waals surface area contributed by atoms with Gasteiger partial charge in [-0.1, -0.05) is 28.1 Å². The number of hydrogen-bond acceptors (Lipinski definition) is 5. The van der Waals surface area contributed by atoms with Crippen LogP contribution in [-0.4, -0.2) is 29.8 Å². The van der Waals surface area contributed by atoms with E-state index in [2.05, 4.69) is 31.0 Å². The number of halogens is 1. The molecule has 6 heteroatoms. The third-order valence-electron chi connectivity index (χ3n) is 3.28. The first-order valence-corrected chi connectivity index (χ1v) is 7.56. The second-order valence-corrected chi connectivity index (χ2v) is 5.55. The number of carbonyl (C=O) groups is 1. The van der Waals surface area contributed by atoms with Crippen molar-refractivity contribution in [3.05, 3.63) is 63.9 Å². The number of hydrogen-bond donors (Lipinski definition) is 2. The fraction of sp³-hybridized carbons (Fsp3) is 0.250. The molecule has 0 radical (unpaired) electrons. The average molecular weight is 365 g/mol. The van der Waals surface area contributed by atoms with Gasteiger partial charge in [0, 0.05) is 23.4 Å². The lowest BCUT2D eigenvalue weighted by molar-refractivity contribution is 0.0600. The van der Waals surface area contributed by atoms with Crippen molar-refractivity contribution in [1.82, 2.24) is 10.3 Å². The number of aliphatic hydroxyl groups excluding tert-OH is 1. The van der Waals surface area contributed by atoms with Crippen LogP contribution in [-0.2, 0) is 11.3 Å². The molecule has 0 bridgehead atoms. The number of nitrogens with one attached hydrogen (secondary N) is 1. The van der Waals surface area contributed by atoms with Crippen LogP contribution in [0.15, 0.2) is 47.2 Å². The van der Waals surface area contributed by atoms with Crippen molar-refractivity contribution in [2.75, 3.05) is 13.7 Å². The number of aromatic nitrogens is 1. The predicted octanol–water partition coefficient (Wildman–Crippen LogP) is 2.45. The highest BCUT2D eigenvalue weighted by molar-refractivity contribution is 9.10. The number of benzene rings is 1. The monoisotopic (exact) mass is 364 g/mol. The topological polar surface area (TPSA) is 71.5 Å². The molecule has 0 saturated heterocycles. The molecule has 0 aliphatic heterocycles. The smallest absolute Gasteiger partial charge is 0.337 e. The lowest BCUT2D eigenvalue weighted by Gasteiger charge is -2.17. The first kappa shape index (κ1) is 16.6. The summed E-state index contributed by atoms with van der Waals surface area (Å²) >= 11 is 3.45. The maximum atomic E-state index is 11.5. The minimum absolute atomic E-state index is 0.0242. The second-order valence-electron chi connectivity index (χ2n) is 4.70. The summed E-state index contributed by atoms with van der Waals surface area (Å²) in [7, 11) is 1.35. The Morgan fingerprint density at radius 1 is 1.45 bits per heavy atom. The Labute approximate surface area is 137 Å². The fourth-order valence-corrected chi connectivity index (χ4v) is 2.56. The van der Waals surface area contributed by atoms with Crippen LogP contribution >= 0.6 is 15.9 Å². The minimum atomic E-state index is -0.371. The normalized spacial score (nSPS) is 12.0. The summed E-state index contributed by atoms with van der Waals surface area (Å²) in [5, 5.41) is 12.8. The zero-order chi connectivity index (χ0) is 15.9. The Hall–Kier alpha value is -1.76. The maximum Gasteiger partial charge on any atom is 0.337 e. The number of ether oxygens (including phenoxy) is 1. The van der Waals surface area contributed by atoms with Crippen LogP contribution in [0.5, 0.6) is 0 Å². The van der Waals surface area contributed by atoms with E-state index in [4.69, 9.17) is 0 Å². The zero-order valence-electron chi connectivity index (χ0n) is 12.1. The van der Waals surface area contributed by atoms with Gasteiger partial charge in [0.15, 0.2) is 0 Å². The molecular weight excluding hydrogens is 348 g/mol. The molecule has 1 aromatic carbocycles. The van der Waals surface area contributed by atoms with Crippen LogP contribution in [0.2, 0.25) is 0 Å². The van der Waals surface area contributed by atoms with Gasteiger partial charge in [0.1, 0.15) is 0 Å².